The molecule has 2 aromatic rings. The summed E-state index contributed by atoms with van der Waals surface area (Å²) in [5.41, 5.74) is 0.507. The van der Waals surface area contributed by atoms with Crippen molar-refractivity contribution in [2.24, 2.45) is 0 Å². The van der Waals surface area contributed by atoms with Crippen molar-refractivity contribution in [3.8, 4) is 11.5 Å². The molecule has 0 saturated carbocycles. The van der Waals surface area contributed by atoms with Crippen LogP contribution in [0.1, 0.15) is 18.6 Å². The molecular formula is C14H12ClNO4. The highest BCUT2D eigenvalue weighted by Crippen LogP contribution is 2.35. The van der Waals surface area contributed by atoms with E-state index < -0.39 is 11.0 Å². The van der Waals surface area contributed by atoms with Gasteiger partial charge in [0, 0.05) is 6.07 Å². The summed E-state index contributed by atoms with van der Waals surface area (Å²) >= 11 is 6.05. The van der Waals surface area contributed by atoms with Gasteiger partial charge < -0.3 is 9.84 Å². The number of hydrogen-bond donors (Lipinski definition) is 1. The Bertz CT molecular complexity index is 643. The van der Waals surface area contributed by atoms with Crippen LogP contribution in [-0.2, 0) is 0 Å². The van der Waals surface area contributed by atoms with Crippen molar-refractivity contribution in [3.63, 3.8) is 0 Å². The van der Waals surface area contributed by atoms with Gasteiger partial charge in [-0.25, -0.2) is 0 Å². The van der Waals surface area contributed by atoms with Crippen LogP contribution in [0.15, 0.2) is 42.5 Å². The second-order valence-electron chi connectivity index (χ2n) is 4.19. The molecule has 0 spiro atoms. The van der Waals surface area contributed by atoms with Gasteiger partial charge in [-0.1, -0.05) is 29.8 Å². The largest absolute Gasteiger partial charge is 0.449 e. The number of rotatable bonds is 4. The summed E-state index contributed by atoms with van der Waals surface area (Å²) in [5, 5.41) is 20.6. The quantitative estimate of drug-likeness (QED) is 0.680. The number of aliphatic hydroxyl groups excluding tert-OH is 1. The zero-order valence-electron chi connectivity index (χ0n) is 10.6. The molecule has 0 bridgehead atoms. The zero-order chi connectivity index (χ0) is 14.7. The van der Waals surface area contributed by atoms with E-state index in [9.17, 15) is 15.2 Å². The highest BCUT2D eigenvalue weighted by atomic mass is 35.5. The van der Waals surface area contributed by atoms with Crippen molar-refractivity contribution in [1.29, 1.82) is 0 Å². The Balaban J connectivity index is 2.33. The van der Waals surface area contributed by atoms with Gasteiger partial charge in [0.2, 0.25) is 5.75 Å². The Labute approximate surface area is 120 Å². The first-order valence-corrected chi connectivity index (χ1v) is 6.25. The van der Waals surface area contributed by atoms with E-state index in [4.69, 9.17) is 16.3 Å². The molecule has 5 nitrogen and oxygen atoms in total. The minimum Gasteiger partial charge on any atom is -0.449 e. The molecular weight excluding hydrogens is 282 g/mol. The molecule has 0 aliphatic carbocycles. The first kappa shape index (κ1) is 14.3. The van der Waals surface area contributed by atoms with Crippen molar-refractivity contribution in [2.45, 2.75) is 13.0 Å². The average molecular weight is 294 g/mol. The standard InChI is InChI=1S/C14H12ClNO4/c1-9(17)10-6-7-13(11(15)8-10)20-14-5-3-2-4-12(14)16(18)19/h2-9,17H,1H3. The molecule has 0 heterocycles. The summed E-state index contributed by atoms with van der Waals surface area (Å²) in [6, 6.07) is 10.8. The number of para-hydroxylation sites is 2. The van der Waals surface area contributed by atoms with E-state index in [-0.39, 0.29) is 16.5 Å². The molecule has 0 amide bonds. The maximum Gasteiger partial charge on any atom is 0.311 e. The molecule has 0 fully saturated rings. The Morgan fingerprint density at radius 3 is 2.55 bits per heavy atom. The Morgan fingerprint density at radius 1 is 1.25 bits per heavy atom. The van der Waals surface area contributed by atoms with Crippen molar-refractivity contribution >= 4 is 17.3 Å². The lowest BCUT2D eigenvalue weighted by Crippen LogP contribution is -1.95. The molecule has 0 aliphatic heterocycles. The van der Waals surface area contributed by atoms with Crippen LogP contribution in [0.3, 0.4) is 0 Å². The fraction of sp³-hybridized carbons (Fsp3) is 0.143. The minimum atomic E-state index is -0.646. The molecule has 0 aliphatic rings. The average Bonchev–Trinajstić information content (AvgIpc) is 2.41. The fourth-order valence-corrected chi connectivity index (χ4v) is 1.90. The number of benzene rings is 2. The molecule has 0 saturated heterocycles. The summed E-state index contributed by atoms with van der Waals surface area (Å²) in [7, 11) is 0. The van der Waals surface area contributed by atoms with E-state index in [1.807, 2.05) is 0 Å². The van der Waals surface area contributed by atoms with E-state index in [1.54, 1.807) is 37.3 Å². The normalized spacial score (nSPS) is 11.9. The van der Waals surface area contributed by atoms with Gasteiger partial charge in [-0.3, -0.25) is 10.1 Å². The van der Waals surface area contributed by atoms with Gasteiger partial charge in [-0.2, -0.15) is 0 Å². The summed E-state index contributed by atoms with van der Waals surface area (Å²) in [4.78, 5) is 10.4. The molecule has 1 N–H and O–H groups in total. The number of nitrogens with zero attached hydrogens (tertiary/aromatic N) is 1. The van der Waals surface area contributed by atoms with Crippen LogP contribution in [0.4, 0.5) is 5.69 Å². The van der Waals surface area contributed by atoms with Crippen LogP contribution in [0.25, 0.3) is 0 Å². The van der Waals surface area contributed by atoms with Crippen molar-refractivity contribution in [2.75, 3.05) is 0 Å². The topological polar surface area (TPSA) is 72.6 Å². The second kappa shape index (κ2) is 5.90. The van der Waals surface area contributed by atoms with Gasteiger partial charge in [0.25, 0.3) is 0 Å². The lowest BCUT2D eigenvalue weighted by Gasteiger charge is -2.10. The predicted molar refractivity (Wildman–Crippen MR) is 75.3 cm³/mol. The van der Waals surface area contributed by atoms with E-state index in [1.165, 1.54) is 12.1 Å². The molecule has 6 heteroatoms. The van der Waals surface area contributed by atoms with Gasteiger partial charge in [0.1, 0.15) is 5.75 Å². The maximum atomic E-state index is 10.9. The summed E-state index contributed by atoms with van der Waals surface area (Å²) in [6.07, 6.45) is -0.646. The van der Waals surface area contributed by atoms with E-state index in [2.05, 4.69) is 0 Å². The smallest absolute Gasteiger partial charge is 0.311 e. The molecule has 0 aromatic heterocycles. The van der Waals surface area contributed by atoms with Crippen LogP contribution in [0.5, 0.6) is 11.5 Å². The Hall–Kier alpha value is -2.11. The highest BCUT2D eigenvalue weighted by Gasteiger charge is 2.16. The van der Waals surface area contributed by atoms with Crippen LogP contribution in [0.2, 0.25) is 5.02 Å². The number of ether oxygens (including phenoxy) is 1. The Kier molecular flexibility index (Phi) is 4.22. The number of nitro groups is 1. The van der Waals surface area contributed by atoms with Gasteiger partial charge in [-0.05, 0) is 30.7 Å². The van der Waals surface area contributed by atoms with Crippen LogP contribution >= 0.6 is 11.6 Å². The van der Waals surface area contributed by atoms with E-state index in [0.717, 1.165) is 0 Å². The monoisotopic (exact) mass is 293 g/mol. The molecule has 1 atom stereocenters. The lowest BCUT2D eigenvalue weighted by atomic mass is 10.1. The first-order valence-electron chi connectivity index (χ1n) is 5.88. The molecule has 1 unspecified atom stereocenters. The molecule has 2 aromatic carbocycles. The summed E-state index contributed by atoms with van der Waals surface area (Å²) < 4.78 is 5.48. The van der Waals surface area contributed by atoms with Crippen molar-refractivity contribution < 1.29 is 14.8 Å². The van der Waals surface area contributed by atoms with Crippen LogP contribution in [-0.4, -0.2) is 10.0 Å². The fourth-order valence-electron chi connectivity index (χ4n) is 1.67. The van der Waals surface area contributed by atoms with E-state index >= 15 is 0 Å². The Morgan fingerprint density at radius 2 is 1.95 bits per heavy atom. The molecule has 2 rings (SSSR count). The summed E-state index contributed by atoms with van der Waals surface area (Å²) in [6.45, 7) is 1.62. The van der Waals surface area contributed by atoms with Gasteiger partial charge in [-0.15, -0.1) is 0 Å². The lowest BCUT2D eigenvalue weighted by molar-refractivity contribution is -0.385. The van der Waals surface area contributed by atoms with Crippen molar-refractivity contribution in [3.05, 3.63) is 63.2 Å². The van der Waals surface area contributed by atoms with Crippen molar-refractivity contribution in [1.82, 2.24) is 0 Å². The number of aliphatic hydroxyl groups is 1. The van der Waals surface area contributed by atoms with Crippen LogP contribution in [0, 0.1) is 10.1 Å². The first-order chi connectivity index (χ1) is 9.49. The zero-order valence-corrected chi connectivity index (χ0v) is 11.4. The third kappa shape index (κ3) is 3.07. The number of hydrogen-bond acceptors (Lipinski definition) is 4. The predicted octanol–water partition coefficient (Wildman–Crippen LogP) is 4.09. The molecule has 0 radical (unpaired) electrons. The number of nitro benzene ring substituents is 1. The van der Waals surface area contributed by atoms with Gasteiger partial charge in [0.05, 0.1) is 16.0 Å². The molecule has 20 heavy (non-hydrogen) atoms. The maximum absolute atomic E-state index is 10.9. The third-order valence-corrected chi connectivity index (χ3v) is 3.02. The third-order valence-electron chi connectivity index (χ3n) is 2.72. The van der Waals surface area contributed by atoms with Gasteiger partial charge in [0.15, 0.2) is 0 Å². The van der Waals surface area contributed by atoms with E-state index in [0.29, 0.717) is 11.3 Å². The summed E-state index contributed by atoms with van der Waals surface area (Å²) in [5.74, 6) is 0.412. The van der Waals surface area contributed by atoms with Crippen LogP contribution < -0.4 is 4.74 Å². The SMILES string of the molecule is CC(O)c1ccc(Oc2ccccc2[N+](=O)[O-])c(Cl)c1. The highest BCUT2D eigenvalue weighted by molar-refractivity contribution is 6.32. The minimum absolute atomic E-state index is 0.115. The number of halogens is 1. The second-order valence-corrected chi connectivity index (χ2v) is 4.60. The van der Waals surface area contributed by atoms with Gasteiger partial charge >= 0.3 is 5.69 Å². The molecule has 104 valence electrons.